The Hall–Kier alpha value is -3.34. The molecule has 3 N–H and O–H groups in total. The molecular weight excluding hydrogens is 473 g/mol. The van der Waals surface area contributed by atoms with Crippen LogP contribution in [0.4, 0.5) is 21.5 Å². The maximum absolute atomic E-state index is 13.5. The number of thiazole rings is 1. The Morgan fingerprint density at radius 3 is 2.74 bits per heavy atom. The lowest BCUT2D eigenvalue weighted by molar-refractivity contribution is 0.0774. The van der Waals surface area contributed by atoms with Crippen LogP contribution in [0.25, 0.3) is 0 Å². The number of nitrogens with one attached hydrogen (secondary N) is 2. The van der Waals surface area contributed by atoms with Crippen LogP contribution in [0.1, 0.15) is 58.8 Å². The molecule has 1 aliphatic heterocycles. The van der Waals surface area contributed by atoms with Gasteiger partial charge in [0.25, 0.3) is 16.8 Å². The molecule has 2 atom stereocenters. The van der Waals surface area contributed by atoms with Gasteiger partial charge in [-0.05, 0) is 37.7 Å². The van der Waals surface area contributed by atoms with Crippen molar-refractivity contribution >= 4 is 34.3 Å². The molecule has 3 aromatic rings. The van der Waals surface area contributed by atoms with Gasteiger partial charge in [0.05, 0.1) is 33.9 Å². The highest BCUT2D eigenvalue weighted by molar-refractivity contribution is 7.11. The Morgan fingerprint density at radius 1 is 1.29 bits per heavy atom. The van der Waals surface area contributed by atoms with Crippen LogP contribution >= 0.6 is 11.3 Å². The summed E-state index contributed by atoms with van der Waals surface area (Å²) in [5, 5.41) is 17.8. The van der Waals surface area contributed by atoms with Gasteiger partial charge in [-0.1, -0.05) is 13.8 Å². The maximum atomic E-state index is 13.5. The number of halogens is 1. The van der Waals surface area contributed by atoms with Crippen molar-refractivity contribution in [3.63, 3.8) is 0 Å². The summed E-state index contributed by atoms with van der Waals surface area (Å²) in [4.78, 5) is 48.6. The molecule has 11 heteroatoms. The molecule has 1 amide bonds. The molecule has 0 saturated carbocycles. The van der Waals surface area contributed by atoms with E-state index in [0.717, 1.165) is 28.4 Å². The van der Waals surface area contributed by atoms with E-state index in [2.05, 4.69) is 34.4 Å². The standard InChI is InChI=1S/C24H26FN5O4S/c1-11-27-14-4-7-24(2,3)22(21(14)35-11)29-16-15(19(32)20(16)33)28-13-5-8-26-17(18(13)31)23(34)30-9-6-12(25)10-30/h5,8,12,22,29,31H,4,6-7,9-10H2,1-3H3,(H,26,28). The zero-order chi connectivity index (χ0) is 25.1. The van der Waals surface area contributed by atoms with Gasteiger partial charge in [0.2, 0.25) is 0 Å². The van der Waals surface area contributed by atoms with Gasteiger partial charge in [-0.3, -0.25) is 14.4 Å². The van der Waals surface area contributed by atoms with E-state index in [4.69, 9.17) is 0 Å². The summed E-state index contributed by atoms with van der Waals surface area (Å²) in [6.07, 6.45) is 2.16. The van der Waals surface area contributed by atoms with Crippen LogP contribution in [0.3, 0.4) is 0 Å². The summed E-state index contributed by atoms with van der Waals surface area (Å²) in [5.74, 6) is -1.05. The first-order valence-corrected chi connectivity index (χ1v) is 12.3. The molecule has 1 fully saturated rings. The van der Waals surface area contributed by atoms with Crippen molar-refractivity contribution in [3.8, 4) is 5.75 Å². The molecule has 3 heterocycles. The fourth-order valence-electron chi connectivity index (χ4n) is 4.78. The highest BCUT2D eigenvalue weighted by atomic mass is 32.1. The number of aryl methyl sites for hydroxylation is 2. The number of hydrogen-bond donors (Lipinski definition) is 3. The molecule has 0 bridgehead atoms. The van der Waals surface area contributed by atoms with Gasteiger partial charge in [-0.25, -0.2) is 14.4 Å². The molecule has 0 spiro atoms. The summed E-state index contributed by atoms with van der Waals surface area (Å²) in [5.41, 5.74) is -0.573. The Labute approximate surface area is 204 Å². The number of anilines is 3. The quantitative estimate of drug-likeness (QED) is 0.457. The lowest BCUT2D eigenvalue weighted by atomic mass is 9.74. The van der Waals surface area contributed by atoms with E-state index in [1.807, 2.05) is 6.92 Å². The number of likely N-dealkylation sites (tertiary alicyclic amines) is 1. The monoisotopic (exact) mass is 499 g/mol. The van der Waals surface area contributed by atoms with Gasteiger partial charge in [0.15, 0.2) is 11.4 Å². The minimum Gasteiger partial charge on any atom is -0.504 e. The van der Waals surface area contributed by atoms with Crippen LogP contribution in [-0.4, -0.2) is 45.1 Å². The van der Waals surface area contributed by atoms with Crippen molar-refractivity contribution in [2.24, 2.45) is 5.41 Å². The Morgan fingerprint density at radius 2 is 2.03 bits per heavy atom. The van der Waals surface area contributed by atoms with E-state index >= 15 is 0 Å². The summed E-state index contributed by atoms with van der Waals surface area (Å²) >= 11 is 1.57. The molecule has 5 rings (SSSR count). The van der Waals surface area contributed by atoms with Crippen molar-refractivity contribution in [1.82, 2.24) is 14.9 Å². The summed E-state index contributed by atoms with van der Waals surface area (Å²) < 4.78 is 13.5. The van der Waals surface area contributed by atoms with Crippen molar-refractivity contribution < 1.29 is 14.3 Å². The summed E-state index contributed by atoms with van der Waals surface area (Å²) in [6.45, 7) is 6.34. The highest BCUT2D eigenvalue weighted by Crippen LogP contribution is 2.47. The first kappa shape index (κ1) is 23.4. The van der Waals surface area contributed by atoms with Crippen LogP contribution in [0.2, 0.25) is 0 Å². The number of rotatable bonds is 5. The van der Waals surface area contributed by atoms with Gasteiger partial charge < -0.3 is 20.6 Å². The lowest BCUT2D eigenvalue weighted by Gasteiger charge is -2.39. The molecule has 1 aromatic carbocycles. The number of aromatic hydroxyl groups is 1. The molecule has 2 aromatic heterocycles. The molecule has 1 saturated heterocycles. The second-order valence-corrected chi connectivity index (χ2v) is 11.1. The van der Waals surface area contributed by atoms with Crippen LogP contribution in [-0.2, 0) is 6.42 Å². The number of alkyl halides is 1. The third-order valence-electron chi connectivity index (χ3n) is 6.89. The number of nitrogens with zero attached hydrogens (tertiary/aromatic N) is 3. The first-order chi connectivity index (χ1) is 16.6. The maximum Gasteiger partial charge on any atom is 0.276 e. The van der Waals surface area contributed by atoms with Crippen LogP contribution in [0.15, 0.2) is 21.9 Å². The number of pyridine rings is 1. The summed E-state index contributed by atoms with van der Waals surface area (Å²) in [7, 11) is 0. The first-order valence-electron chi connectivity index (χ1n) is 11.5. The topological polar surface area (TPSA) is 125 Å². The molecule has 2 unspecified atom stereocenters. The van der Waals surface area contributed by atoms with Gasteiger partial charge in [-0.15, -0.1) is 11.3 Å². The minimum absolute atomic E-state index is 0.0176. The number of amides is 1. The predicted molar refractivity (Wildman–Crippen MR) is 131 cm³/mol. The zero-order valence-electron chi connectivity index (χ0n) is 19.6. The van der Waals surface area contributed by atoms with Gasteiger partial charge in [-0.2, -0.15) is 0 Å². The molecular formula is C24H26FN5O4S. The van der Waals surface area contributed by atoms with Crippen molar-refractivity contribution in [2.75, 3.05) is 23.7 Å². The van der Waals surface area contributed by atoms with E-state index < -0.39 is 28.7 Å². The van der Waals surface area contributed by atoms with Gasteiger partial charge in [0, 0.05) is 12.7 Å². The van der Waals surface area contributed by atoms with E-state index in [1.54, 1.807) is 11.3 Å². The Kier molecular flexibility index (Phi) is 5.62. The van der Waals surface area contributed by atoms with Gasteiger partial charge >= 0.3 is 0 Å². The van der Waals surface area contributed by atoms with Crippen molar-refractivity contribution in [3.05, 3.63) is 54.0 Å². The molecule has 0 radical (unpaired) electrons. The van der Waals surface area contributed by atoms with Crippen molar-refractivity contribution in [2.45, 2.75) is 52.2 Å². The lowest BCUT2D eigenvalue weighted by Crippen LogP contribution is -2.41. The van der Waals surface area contributed by atoms with Crippen LogP contribution in [0.5, 0.6) is 5.75 Å². The van der Waals surface area contributed by atoms with Crippen LogP contribution in [0, 0.1) is 12.3 Å². The second-order valence-electron chi connectivity index (χ2n) is 9.84. The molecule has 9 nitrogen and oxygen atoms in total. The van der Waals surface area contributed by atoms with Crippen molar-refractivity contribution in [1.29, 1.82) is 0 Å². The number of carbonyl (C=O) groups is 1. The van der Waals surface area contributed by atoms with E-state index in [0.29, 0.717) is 0 Å². The fraction of sp³-hybridized carbons (Fsp3) is 0.458. The van der Waals surface area contributed by atoms with Gasteiger partial charge in [0.1, 0.15) is 17.5 Å². The molecule has 1 aliphatic carbocycles. The molecule has 184 valence electrons. The average molecular weight is 500 g/mol. The van der Waals surface area contributed by atoms with E-state index in [9.17, 15) is 23.9 Å². The zero-order valence-corrected chi connectivity index (χ0v) is 20.5. The third kappa shape index (κ3) is 3.97. The Bertz CT molecular complexity index is 1390. The Balaban J connectivity index is 1.43. The van der Waals surface area contributed by atoms with E-state index in [-0.39, 0.29) is 53.7 Å². The summed E-state index contributed by atoms with van der Waals surface area (Å²) in [6, 6.07) is 1.19. The minimum atomic E-state index is -1.10. The average Bonchev–Trinajstić information content (AvgIpc) is 3.42. The normalized spacial score (nSPS) is 21.2. The van der Waals surface area contributed by atoms with E-state index in [1.165, 1.54) is 17.2 Å². The number of aromatic nitrogens is 2. The number of hydrogen-bond acceptors (Lipinski definition) is 9. The predicted octanol–water partition coefficient (Wildman–Crippen LogP) is 3.20. The highest BCUT2D eigenvalue weighted by Gasteiger charge is 2.40. The SMILES string of the molecule is Cc1nc2c(s1)C(Nc1c(Nc3ccnc(C(=O)N4CCC(F)C4)c3O)c(=O)c1=O)C(C)(C)CC2. The smallest absolute Gasteiger partial charge is 0.276 e. The third-order valence-corrected chi connectivity index (χ3v) is 7.97. The number of carbonyl (C=O) groups excluding carboxylic acids is 1. The fourth-order valence-corrected chi connectivity index (χ4v) is 6.02. The number of fused-ring (bicyclic) bond motifs is 1. The molecule has 35 heavy (non-hydrogen) atoms. The van der Waals surface area contributed by atoms with Crippen LogP contribution < -0.4 is 21.5 Å². The molecule has 2 aliphatic rings. The second kappa shape index (κ2) is 8.40. The largest absolute Gasteiger partial charge is 0.504 e.